The first-order valence-corrected chi connectivity index (χ1v) is 5.53. The van der Waals surface area contributed by atoms with Gasteiger partial charge in [0.25, 0.3) is 0 Å². The van der Waals surface area contributed by atoms with Crippen LogP contribution in [0.1, 0.15) is 5.69 Å². The molecule has 0 atom stereocenters. The van der Waals surface area contributed by atoms with Crippen LogP contribution in [0, 0.1) is 0 Å². The first-order valence-electron chi connectivity index (χ1n) is 5.53. The van der Waals surface area contributed by atoms with Crippen LogP contribution < -0.4 is 5.84 Å². The number of nitrogens with two attached hydrogens (primary N) is 1. The van der Waals surface area contributed by atoms with E-state index in [0.717, 1.165) is 30.3 Å². The summed E-state index contributed by atoms with van der Waals surface area (Å²) >= 11 is 0. The van der Waals surface area contributed by atoms with E-state index in [0.29, 0.717) is 0 Å². The van der Waals surface area contributed by atoms with Crippen LogP contribution in [-0.4, -0.2) is 33.7 Å². The lowest BCUT2D eigenvalue weighted by Gasteiger charge is -2.14. The number of rotatable bonds is 2. The van der Waals surface area contributed by atoms with Crippen LogP contribution in [0.2, 0.25) is 0 Å². The Morgan fingerprint density at radius 2 is 1.94 bits per heavy atom. The minimum atomic E-state index is 0.742. The molecular formula is C12H13N5. The van der Waals surface area contributed by atoms with Crippen molar-refractivity contribution in [3.8, 4) is 5.69 Å². The summed E-state index contributed by atoms with van der Waals surface area (Å²) < 4.78 is 1.85. The molecule has 0 saturated carbocycles. The molecule has 0 unspecified atom stereocenters. The van der Waals surface area contributed by atoms with Crippen molar-refractivity contribution in [1.29, 1.82) is 0 Å². The second-order valence-electron chi connectivity index (χ2n) is 3.86. The minimum Gasteiger partial charge on any atom is -0.291 e. The molecule has 0 saturated heterocycles. The highest BCUT2D eigenvalue weighted by molar-refractivity contribution is 5.98. The van der Waals surface area contributed by atoms with Gasteiger partial charge in [-0.15, -0.1) is 0 Å². The van der Waals surface area contributed by atoms with Gasteiger partial charge >= 0.3 is 0 Å². The smallest absolute Gasteiger partial charge is 0.164 e. The van der Waals surface area contributed by atoms with Crippen molar-refractivity contribution in [2.75, 3.05) is 13.1 Å². The van der Waals surface area contributed by atoms with Gasteiger partial charge in [0.05, 0.1) is 25.0 Å². The van der Waals surface area contributed by atoms with Crippen LogP contribution in [0.3, 0.4) is 0 Å². The molecule has 86 valence electrons. The summed E-state index contributed by atoms with van der Waals surface area (Å²) in [6, 6.07) is 11.9. The van der Waals surface area contributed by atoms with E-state index in [1.807, 2.05) is 41.1 Å². The van der Waals surface area contributed by atoms with Gasteiger partial charge in [0.2, 0.25) is 0 Å². The van der Waals surface area contributed by atoms with Crippen molar-refractivity contribution in [2.24, 2.45) is 10.8 Å². The predicted octanol–water partition coefficient (Wildman–Crippen LogP) is 0.808. The van der Waals surface area contributed by atoms with Gasteiger partial charge in [0, 0.05) is 0 Å². The number of nitrogens with zero attached hydrogens (tertiary/aromatic N) is 4. The Morgan fingerprint density at radius 3 is 2.65 bits per heavy atom. The van der Waals surface area contributed by atoms with Crippen LogP contribution in [0.4, 0.5) is 0 Å². The van der Waals surface area contributed by atoms with Crippen LogP contribution in [0.25, 0.3) is 5.69 Å². The standard InChI is InChI=1S/C12H13N5/c13-16-9-8-14-12(16)11-6-7-15-17(11)10-4-2-1-3-5-10/h1-7H,8-9,13H2. The molecule has 0 bridgehead atoms. The lowest BCUT2D eigenvalue weighted by molar-refractivity contribution is 0.482. The fourth-order valence-electron chi connectivity index (χ4n) is 1.94. The average Bonchev–Trinajstić information content (AvgIpc) is 2.98. The molecule has 2 heterocycles. The summed E-state index contributed by atoms with van der Waals surface area (Å²) in [5.74, 6) is 6.68. The largest absolute Gasteiger partial charge is 0.291 e. The van der Waals surface area contributed by atoms with Gasteiger partial charge in [-0.25, -0.2) is 10.5 Å². The molecule has 2 aromatic rings. The third-order valence-corrected chi connectivity index (χ3v) is 2.75. The van der Waals surface area contributed by atoms with Gasteiger partial charge in [-0.2, -0.15) is 5.10 Å². The topological polar surface area (TPSA) is 59.4 Å². The molecular weight excluding hydrogens is 214 g/mol. The summed E-state index contributed by atoms with van der Waals surface area (Å²) in [5.41, 5.74) is 1.94. The zero-order valence-electron chi connectivity index (χ0n) is 9.32. The lowest BCUT2D eigenvalue weighted by Crippen LogP contribution is -2.36. The molecule has 1 aliphatic rings. The third-order valence-electron chi connectivity index (χ3n) is 2.75. The van der Waals surface area contributed by atoms with E-state index in [2.05, 4.69) is 10.1 Å². The van der Waals surface area contributed by atoms with Crippen molar-refractivity contribution in [2.45, 2.75) is 0 Å². The van der Waals surface area contributed by atoms with Gasteiger partial charge in [-0.05, 0) is 18.2 Å². The summed E-state index contributed by atoms with van der Waals surface area (Å²) in [7, 11) is 0. The van der Waals surface area contributed by atoms with Gasteiger partial charge in [-0.3, -0.25) is 10.0 Å². The highest BCUT2D eigenvalue weighted by atomic mass is 15.5. The highest BCUT2D eigenvalue weighted by Gasteiger charge is 2.19. The maximum atomic E-state index is 5.88. The van der Waals surface area contributed by atoms with Gasteiger partial charge in [0.15, 0.2) is 5.84 Å². The molecule has 0 fully saturated rings. The zero-order valence-corrected chi connectivity index (χ0v) is 9.32. The Hall–Kier alpha value is -2.14. The number of benzene rings is 1. The number of hydrogen-bond donors (Lipinski definition) is 1. The lowest BCUT2D eigenvalue weighted by atomic mass is 10.3. The number of aliphatic imine (C=N–C) groups is 1. The quantitative estimate of drug-likeness (QED) is 0.772. The monoisotopic (exact) mass is 227 g/mol. The minimum absolute atomic E-state index is 0.742. The van der Waals surface area contributed by atoms with Crippen molar-refractivity contribution >= 4 is 5.84 Å². The predicted molar refractivity (Wildman–Crippen MR) is 65.9 cm³/mol. The van der Waals surface area contributed by atoms with Crippen LogP contribution in [-0.2, 0) is 0 Å². The number of hydrazine groups is 1. The summed E-state index contributed by atoms with van der Waals surface area (Å²) in [4.78, 5) is 4.40. The fourth-order valence-corrected chi connectivity index (χ4v) is 1.94. The highest BCUT2D eigenvalue weighted by Crippen LogP contribution is 2.13. The first-order chi connectivity index (χ1) is 8.36. The van der Waals surface area contributed by atoms with Crippen molar-refractivity contribution < 1.29 is 0 Å². The van der Waals surface area contributed by atoms with Crippen molar-refractivity contribution in [1.82, 2.24) is 14.8 Å². The average molecular weight is 227 g/mol. The van der Waals surface area contributed by atoms with Gasteiger partial charge in [-0.1, -0.05) is 18.2 Å². The SMILES string of the molecule is NN1CCN=C1c1ccnn1-c1ccccc1. The summed E-state index contributed by atoms with van der Waals surface area (Å²) in [5, 5.41) is 5.98. The van der Waals surface area contributed by atoms with E-state index in [4.69, 9.17) is 5.84 Å². The number of amidine groups is 1. The van der Waals surface area contributed by atoms with Gasteiger partial charge in [0.1, 0.15) is 5.69 Å². The van der Waals surface area contributed by atoms with E-state index in [1.165, 1.54) is 0 Å². The normalized spacial score (nSPS) is 15.1. The molecule has 5 nitrogen and oxygen atoms in total. The zero-order chi connectivity index (χ0) is 11.7. The van der Waals surface area contributed by atoms with Crippen molar-refractivity contribution in [3.63, 3.8) is 0 Å². The molecule has 1 aromatic heterocycles. The Morgan fingerprint density at radius 1 is 1.12 bits per heavy atom. The maximum Gasteiger partial charge on any atom is 0.164 e. The number of hydrogen-bond acceptors (Lipinski definition) is 4. The molecule has 0 amide bonds. The van der Waals surface area contributed by atoms with Gasteiger partial charge < -0.3 is 0 Å². The Kier molecular flexibility index (Phi) is 2.38. The molecule has 0 aliphatic carbocycles. The first kappa shape index (κ1) is 10.0. The van der Waals surface area contributed by atoms with E-state index in [1.54, 1.807) is 11.2 Å². The molecule has 2 N–H and O–H groups in total. The van der Waals surface area contributed by atoms with E-state index >= 15 is 0 Å². The molecule has 3 rings (SSSR count). The van der Waals surface area contributed by atoms with Crippen LogP contribution >= 0.6 is 0 Å². The Balaban J connectivity index is 2.06. The molecule has 0 spiro atoms. The van der Waals surface area contributed by atoms with E-state index in [-0.39, 0.29) is 0 Å². The maximum absolute atomic E-state index is 5.88. The fraction of sp³-hybridized carbons (Fsp3) is 0.167. The van der Waals surface area contributed by atoms with Crippen molar-refractivity contribution in [3.05, 3.63) is 48.3 Å². The van der Waals surface area contributed by atoms with Crippen LogP contribution in [0.5, 0.6) is 0 Å². The Bertz CT molecular complexity index is 543. The summed E-state index contributed by atoms with van der Waals surface area (Å²) in [6.07, 6.45) is 1.76. The molecule has 1 aromatic carbocycles. The molecule has 0 radical (unpaired) electrons. The molecule has 17 heavy (non-hydrogen) atoms. The van der Waals surface area contributed by atoms with E-state index < -0.39 is 0 Å². The second-order valence-corrected chi connectivity index (χ2v) is 3.86. The third kappa shape index (κ3) is 1.70. The second kappa shape index (κ2) is 4.03. The molecule has 5 heteroatoms. The Labute approximate surface area is 99.1 Å². The number of aromatic nitrogens is 2. The number of para-hydroxylation sites is 1. The van der Waals surface area contributed by atoms with E-state index in [9.17, 15) is 0 Å². The molecule has 1 aliphatic heterocycles. The van der Waals surface area contributed by atoms with Crippen LogP contribution in [0.15, 0.2) is 47.6 Å². The summed E-state index contributed by atoms with van der Waals surface area (Å²) in [6.45, 7) is 1.50.